The molecule has 3 aliphatic rings. The zero-order chi connectivity index (χ0) is 26.8. The molecule has 0 bridgehead atoms. The van der Waals surface area contributed by atoms with Crippen LogP contribution < -0.4 is 16.0 Å². The highest BCUT2D eigenvalue weighted by Gasteiger charge is 2.29. The third-order valence-corrected chi connectivity index (χ3v) is 6.93. The maximum Gasteiger partial charge on any atom is 0.291 e. The second-order valence-corrected chi connectivity index (χ2v) is 9.66. The lowest BCUT2D eigenvalue weighted by atomic mass is 10.0. The Kier molecular flexibility index (Phi) is 6.76. The lowest BCUT2D eigenvalue weighted by Gasteiger charge is -2.30. The average Bonchev–Trinajstić information content (AvgIpc) is 3.83. The number of hydrogen-bond acceptors (Lipinski definition) is 8. The average molecular weight is 524 g/mol. The number of benzodiazepines with no additional fused rings is 1. The predicted octanol–water partition coefficient (Wildman–Crippen LogP) is 3.27. The fourth-order valence-corrected chi connectivity index (χ4v) is 4.79. The number of nitrogens with one attached hydrogen (secondary N) is 2. The van der Waals surface area contributed by atoms with Crippen LogP contribution in [-0.2, 0) is 14.3 Å². The molecule has 3 heterocycles. The molecular weight excluding hydrogens is 494 g/mol. The Balaban J connectivity index is 1.29. The monoisotopic (exact) mass is 523 g/mol. The highest BCUT2D eigenvalue weighted by Crippen LogP contribution is 2.41. The number of hydrogen-bond donors (Lipinski definition) is 3. The number of ether oxygens (including phenoxy) is 2. The van der Waals surface area contributed by atoms with E-state index in [1.54, 1.807) is 6.20 Å². The highest BCUT2D eigenvalue weighted by molar-refractivity contribution is 6.19. The summed E-state index contributed by atoms with van der Waals surface area (Å²) >= 11 is 0. The molecule has 1 aromatic heterocycles. The fraction of sp³-hybridized carbons (Fsp3) is 0.276. The number of carbonyl (C=O) groups is 1. The quantitative estimate of drug-likeness (QED) is 0.347. The number of fused-ring (bicyclic) bond motifs is 1. The van der Waals surface area contributed by atoms with E-state index in [2.05, 4.69) is 31.3 Å². The Morgan fingerprint density at radius 3 is 2.62 bits per heavy atom. The molecule has 1 saturated carbocycles. The van der Waals surface area contributed by atoms with Crippen LogP contribution in [0, 0.1) is 5.41 Å². The highest BCUT2D eigenvalue weighted by atomic mass is 16.5. The van der Waals surface area contributed by atoms with E-state index in [0.717, 1.165) is 35.2 Å². The Bertz CT molecular complexity index is 1460. The summed E-state index contributed by atoms with van der Waals surface area (Å²) in [6.45, 7) is 2.59. The minimum Gasteiger partial charge on any atom is -0.405 e. The van der Waals surface area contributed by atoms with E-state index < -0.39 is 12.1 Å². The summed E-state index contributed by atoms with van der Waals surface area (Å²) in [6.07, 6.45) is 2.89. The van der Waals surface area contributed by atoms with E-state index in [-0.39, 0.29) is 11.9 Å². The van der Waals surface area contributed by atoms with E-state index in [0.29, 0.717) is 49.3 Å². The molecule has 39 heavy (non-hydrogen) atoms. The number of nitrogens with two attached hydrogens (primary N) is 1. The molecule has 6 rings (SSSR count). The predicted molar refractivity (Wildman–Crippen MR) is 150 cm³/mol. The van der Waals surface area contributed by atoms with Crippen LogP contribution in [-0.4, -0.2) is 61.0 Å². The minimum atomic E-state index is -1.20. The van der Waals surface area contributed by atoms with Gasteiger partial charge < -0.3 is 25.4 Å². The van der Waals surface area contributed by atoms with Gasteiger partial charge in [-0.3, -0.25) is 10.2 Å². The molecule has 0 spiro atoms. The maximum atomic E-state index is 13.1. The van der Waals surface area contributed by atoms with Crippen LogP contribution in [0.4, 0.5) is 11.4 Å². The second-order valence-electron chi connectivity index (χ2n) is 9.66. The van der Waals surface area contributed by atoms with Crippen molar-refractivity contribution >= 4 is 34.9 Å². The lowest BCUT2D eigenvalue weighted by Crippen LogP contribution is -2.38. The first-order valence-corrected chi connectivity index (χ1v) is 13.0. The van der Waals surface area contributed by atoms with Crippen LogP contribution in [0.3, 0.4) is 0 Å². The molecule has 2 aromatic carbocycles. The number of benzene rings is 2. The summed E-state index contributed by atoms with van der Waals surface area (Å²) in [4.78, 5) is 28.8. The van der Waals surface area contributed by atoms with Crippen molar-refractivity contribution in [2.24, 2.45) is 15.7 Å². The standard InChI is InChI=1S/C29H29N7O3/c30-26(25-23(36-12-14-38-15-13-36)16-20(17-32-25)18-10-11-18)39-29(31)35-27-28(37)33-22-9-5-4-8-21(22)24(34-27)19-6-2-1-3-7-19/h1-9,16-18,27,30H,10-15H2,(H2,31,35)(H,33,37). The first-order valence-electron chi connectivity index (χ1n) is 13.0. The number of amides is 1. The maximum absolute atomic E-state index is 13.1. The van der Waals surface area contributed by atoms with Crippen molar-refractivity contribution in [1.82, 2.24) is 4.98 Å². The van der Waals surface area contributed by atoms with Gasteiger partial charge in [0.05, 0.1) is 30.3 Å². The number of morpholine rings is 1. The van der Waals surface area contributed by atoms with Crippen molar-refractivity contribution < 1.29 is 14.3 Å². The zero-order valence-corrected chi connectivity index (χ0v) is 21.3. The van der Waals surface area contributed by atoms with Gasteiger partial charge in [0.15, 0.2) is 0 Å². The lowest BCUT2D eigenvalue weighted by molar-refractivity contribution is -0.117. The first-order chi connectivity index (χ1) is 19.1. The number of aliphatic imine (C=N–C) groups is 2. The van der Waals surface area contributed by atoms with Crippen molar-refractivity contribution in [1.29, 1.82) is 5.41 Å². The fourth-order valence-electron chi connectivity index (χ4n) is 4.79. The largest absolute Gasteiger partial charge is 0.405 e. The van der Waals surface area contributed by atoms with Gasteiger partial charge in [0, 0.05) is 30.4 Å². The molecule has 1 saturated heterocycles. The summed E-state index contributed by atoms with van der Waals surface area (Å²) in [7, 11) is 0. The number of pyridine rings is 1. The van der Waals surface area contributed by atoms with E-state index in [1.807, 2.05) is 54.6 Å². The summed E-state index contributed by atoms with van der Waals surface area (Å²) < 4.78 is 11.1. The molecule has 10 heteroatoms. The molecule has 4 N–H and O–H groups in total. The third-order valence-electron chi connectivity index (χ3n) is 6.93. The van der Waals surface area contributed by atoms with Crippen LogP contribution in [0.2, 0.25) is 0 Å². The van der Waals surface area contributed by atoms with Gasteiger partial charge in [-0.25, -0.2) is 9.98 Å². The molecule has 1 amide bonds. The summed E-state index contributed by atoms with van der Waals surface area (Å²) in [6, 6.07) is 18.8. The smallest absolute Gasteiger partial charge is 0.291 e. The third kappa shape index (κ3) is 5.37. The van der Waals surface area contributed by atoms with Gasteiger partial charge in [-0.05, 0) is 36.5 Å². The van der Waals surface area contributed by atoms with E-state index in [9.17, 15) is 4.79 Å². The normalized spacial score (nSPS) is 19.4. The van der Waals surface area contributed by atoms with Crippen molar-refractivity contribution in [3.8, 4) is 0 Å². The molecule has 198 valence electrons. The summed E-state index contributed by atoms with van der Waals surface area (Å²) in [5.41, 5.74) is 11.3. The summed E-state index contributed by atoms with van der Waals surface area (Å²) in [5.74, 6) is -0.181. The van der Waals surface area contributed by atoms with Gasteiger partial charge in [-0.15, -0.1) is 0 Å². The van der Waals surface area contributed by atoms with Crippen LogP contribution in [0.5, 0.6) is 0 Å². The molecular formula is C29H29N7O3. The van der Waals surface area contributed by atoms with Crippen molar-refractivity contribution in [3.63, 3.8) is 0 Å². The van der Waals surface area contributed by atoms with Gasteiger partial charge in [-0.1, -0.05) is 48.5 Å². The van der Waals surface area contributed by atoms with Crippen molar-refractivity contribution in [2.75, 3.05) is 36.5 Å². The van der Waals surface area contributed by atoms with Gasteiger partial charge in [0.2, 0.25) is 12.1 Å². The molecule has 3 aromatic rings. The molecule has 2 aliphatic heterocycles. The van der Waals surface area contributed by atoms with Crippen molar-refractivity contribution in [3.05, 3.63) is 89.2 Å². The van der Waals surface area contributed by atoms with Gasteiger partial charge in [0.25, 0.3) is 11.9 Å². The SMILES string of the molecule is N=C(O/C(N)=N/C1N=C(c2ccccc2)c2ccccc2NC1=O)c1ncc(C2CC2)cc1N1CCOCC1. The Hall–Kier alpha value is -4.57. The van der Waals surface area contributed by atoms with E-state index in [1.165, 1.54) is 0 Å². The number of para-hydroxylation sites is 1. The zero-order valence-electron chi connectivity index (χ0n) is 21.3. The van der Waals surface area contributed by atoms with Crippen molar-refractivity contribution in [2.45, 2.75) is 24.9 Å². The van der Waals surface area contributed by atoms with Crippen LogP contribution in [0.1, 0.15) is 41.1 Å². The number of anilines is 2. The minimum absolute atomic E-state index is 0.246. The molecule has 10 nitrogen and oxygen atoms in total. The molecule has 0 radical (unpaired) electrons. The Labute approximate surface area is 226 Å². The van der Waals surface area contributed by atoms with Crippen LogP contribution in [0.25, 0.3) is 0 Å². The number of aromatic nitrogens is 1. The summed E-state index contributed by atoms with van der Waals surface area (Å²) in [5, 5.41) is 11.5. The van der Waals surface area contributed by atoms with Gasteiger partial charge in [-0.2, -0.15) is 4.99 Å². The molecule has 1 atom stereocenters. The number of amidine groups is 1. The number of carbonyl (C=O) groups excluding carboxylic acids is 1. The van der Waals surface area contributed by atoms with Crippen LogP contribution in [0.15, 0.2) is 76.8 Å². The van der Waals surface area contributed by atoms with Crippen LogP contribution >= 0.6 is 0 Å². The Morgan fingerprint density at radius 1 is 1.10 bits per heavy atom. The van der Waals surface area contributed by atoms with Gasteiger partial charge in [0.1, 0.15) is 5.69 Å². The number of rotatable bonds is 5. The topological polar surface area (TPSA) is 138 Å². The number of nitrogens with zero attached hydrogens (tertiary/aromatic N) is 4. The van der Waals surface area contributed by atoms with E-state index in [4.69, 9.17) is 20.6 Å². The first kappa shape index (κ1) is 24.7. The second kappa shape index (κ2) is 10.7. The molecule has 1 unspecified atom stereocenters. The molecule has 2 fully saturated rings. The molecule has 1 aliphatic carbocycles. The van der Waals surface area contributed by atoms with Gasteiger partial charge >= 0.3 is 0 Å². The Morgan fingerprint density at radius 2 is 1.85 bits per heavy atom. The van der Waals surface area contributed by atoms with E-state index >= 15 is 0 Å².